The van der Waals surface area contributed by atoms with Crippen molar-refractivity contribution in [3.05, 3.63) is 41.8 Å². The van der Waals surface area contributed by atoms with Crippen molar-refractivity contribution in [2.24, 2.45) is 0 Å². The van der Waals surface area contributed by atoms with Gasteiger partial charge in [-0.15, -0.1) is 0 Å². The molecule has 4 heteroatoms. The van der Waals surface area contributed by atoms with Crippen molar-refractivity contribution in [2.45, 2.75) is 6.92 Å². The molecule has 0 bridgehead atoms. The smallest absolute Gasteiger partial charge is 0.222 e. The summed E-state index contributed by atoms with van der Waals surface area (Å²) in [4.78, 5) is 8.29. The Hall–Kier alpha value is -1.97. The summed E-state index contributed by atoms with van der Waals surface area (Å²) in [5.74, 6) is 0.309. The van der Waals surface area contributed by atoms with Crippen LogP contribution in [0.3, 0.4) is 0 Å². The largest absolute Gasteiger partial charge is 0.357 e. The lowest BCUT2D eigenvalue weighted by atomic mass is 10.1. The second-order valence-electron chi connectivity index (χ2n) is 3.43. The SMILES string of the molecule is CNc1nccc(-c2cccc(F)c2C)n1. The summed E-state index contributed by atoms with van der Waals surface area (Å²) >= 11 is 0. The van der Waals surface area contributed by atoms with E-state index in [4.69, 9.17) is 0 Å². The first-order valence-corrected chi connectivity index (χ1v) is 4.98. The van der Waals surface area contributed by atoms with Crippen molar-refractivity contribution in [2.75, 3.05) is 12.4 Å². The molecule has 0 unspecified atom stereocenters. The van der Waals surface area contributed by atoms with Crippen LogP contribution in [0.1, 0.15) is 5.56 Å². The summed E-state index contributed by atoms with van der Waals surface area (Å²) in [6.07, 6.45) is 1.65. The van der Waals surface area contributed by atoms with Crippen LogP contribution in [-0.2, 0) is 0 Å². The second kappa shape index (κ2) is 4.26. The molecule has 1 N–H and O–H groups in total. The van der Waals surface area contributed by atoms with Gasteiger partial charge in [-0.25, -0.2) is 14.4 Å². The average Bonchev–Trinajstić information content (AvgIpc) is 2.33. The molecule has 1 aromatic heterocycles. The van der Waals surface area contributed by atoms with E-state index < -0.39 is 0 Å². The molecule has 0 aliphatic carbocycles. The quantitative estimate of drug-likeness (QED) is 0.840. The number of nitrogens with one attached hydrogen (secondary N) is 1. The van der Waals surface area contributed by atoms with Crippen LogP contribution in [0.5, 0.6) is 0 Å². The van der Waals surface area contributed by atoms with E-state index in [2.05, 4.69) is 15.3 Å². The Bertz CT molecular complexity index is 511. The van der Waals surface area contributed by atoms with Gasteiger partial charge in [0.05, 0.1) is 5.69 Å². The van der Waals surface area contributed by atoms with Crippen LogP contribution < -0.4 is 5.32 Å². The molecular weight excluding hydrogens is 205 g/mol. The van der Waals surface area contributed by atoms with Gasteiger partial charge in [0.25, 0.3) is 0 Å². The number of hydrogen-bond donors (Lipinski definition) is 1. The highest BCUT2D eigenvalue weighted by Crippen LogP contribution is 2.23. The van der Waals surface area contributed by atoms with E-state index >= 15 is 0 Å². The molecule has 3 nitrogen and oxygen atoms in total. The molecule has 0 aliphatic rings. The van der Waals surface area contributed by atoms with Crippen molar-refractivity contribution >= 4 is 5.95 Å². The Balaban J connectivity index is 2.54. The van der Waals surface area contributed by atoms with Crippen LogP contribution in [0.2, 0.25) is 0 Å². The van der Waals surface area contributed by atoms with Crippen LogP contribution in [0.25, 0.3) is 11.3 Å². The number of benzene rings is 1. The summed E-state index contributed by atoms with van der Waals surface area (Å²) in [5, 5.41) is 2.86. The molecule has 0 saturated heterocycles. The Morgan fingerprint density at radius 1 is 1.25 bits per heavy atom. The van der Waals surface area contributed by atoms with E-state index in [-0.39, 0.29) is 5.82 Å². The number of halogens is 1. The third-order valence-corrected chi connectivity index (χ3v) is 2.42. The lowest BCUT2D eigenvalue weighted by molar-refractivity contribution is 0.619. The first-order valence-electron chi connectivity index (χ1n) is 4.98. The minimum absolute atomic E-state index is 0.220. The van der Waals surface area contributed by atoms with Crippen molar-refractivity contribution in [3.8, 4) is 11.3 Å². The Kier molecular flexibility index (Phi) is 2.81. The summed E-state index contributed by atoms with van der Waals surface area (Å²) < 4.78 is 13.4. The van der Waals surface area contributed by atoms with Gasteiger partial charge < -0.3 is 5.32 Å². The third kappa shape index (κ3) is 1.86. The van der Waals surface area contributed by atoms with Crippen LogP contribution in [-0.4, -0.2) is 17.0 Å². The predicted molar refractivity (Wildman–Crippen MR) is 61.7 cm³/mol. The van der Waals surface area contributed by atoms with Crippen LogP contribution in [0.4, 0.5) is 10.3 Å². The lowest BCUT2D eigenvalue weighted by Crippen LogP contribution is -1.98. The first-order chi connectivity index (χ1) is 7.72. The van der Waals surface area contributed by atoms with Crippen LogP contribution >= 0.6 is 0 Å². The van der Waals surface area contributed by atoms with Gasteiger partial charge in [0.1, 0.15) is 5.82 Å². The molecular formula is C12H12FN3. The van der Waals surface area contributed by atoms with E-state index in [1.54, 1.807) is 32.3 Å². The molecule has 1 heterocycles. The molecule has 0 amide bonds. The Morgan fingerprint density at radius 3 is 2.81 bits per heavy atom. The minimum atomic E-state index is -0.220. The van der Waals surface area contributed by atoms with Gasteiger partial charge >= 0.3 is 0 Å². The maximum atomic E-state index is 13.4. The number of anilines is 1. The number of aromatic nitrogens is 2. The monoisotopic (exact) mass is 217 g/mol. The molecule has 16 heavy (non-hydrogen) atoms. The third-order valence-electron chi connectivity index (χ3n) is 2.42. The fourth-order valence-electron chi connectivity index (χ4n) is 1.51. The molecule has 0 aliphatic heterocycles. The van der Waals surface area contributed by atoms with E-state index in [9.17, 15) is 4.39 Å². The van der Waals surface area contributed by atoms with Gasteiger partial charge in [0.15, 0.2) is 0 Å². The molecule has 0 radical (unpaired) electrons. The molecule has 0 atom stereocenters. The highest BCUT2D eigenvalue weighted by molar-refractivity contribution is 5.64. The topological polar surface area (TPSA) is 37.8 Å². The Labute approximate surface area is 93.4 Å². The zero-order chi connectivity index (χ0) is 11.5. The Morgan fingerprint density at radius 2 is 2.06 bits per heavy atom. The first kappa shape index (κ1) is 10.5. The number of hydrogen-bond acceptors (Lipinski definition) is 3. The summed E-state index contributed by atoms with van der Waals surface area (Å²) in [5.41, 5.74) is 2.11. The molecule has 0 fully saturated rings. The molecule has 2 rings (SSSR count). The fourth-order valence-corrected chi connectivity index (χ4v) is 1.51. The highest BCUT2D eigenvalue weighted by Gasteiger charge is 2.07. The molecule has 0 spiro atoms. The van der Waals surface area contributed by atoms with Gasteiger partial charge in [-0.2, -0.15) is 0 Å². The summed E-state index contributed by atoms with van der Waals surface area (Å²) in [7, 11) is 1.75. The highest BCUT2D eigenvalue weighted by atomic mass is 19.1. The van der Waals surface area contributed by atoms with Crippen molar-refractivity contribution in [1.29, 1.82) is 0 Å². The fraction of sp³-hybridized carbons (Fsp3) is 0.167. The van der Waals surface area contributed by atoms with Crippen LogP contribution in [0, 0.1) is 12.7 Å². The van der Waals surface area contributed by atoms with E-state index in [1.165, 1.54) is 6.07 Å². The zero-order valence-corrected chi connectivity index (χ0v) is 9.16. The molecule has 1 aromatic carbocycles. The summed E-state index contributed by atoms with van der Waals surface area (Å²) in [6.45, 7) is 1.74. The number of rotatable bonds is 2. The van der Waals surface area contributed by atoms with Crippen molar-refractivity contribution in [1.82, 2.24) is 9.97 Å². The second-order valence-corrected chi connectivity index (χ2v) is 3.43. The maximum Gasteiger partial charge on any atom is 0.222 e. The van der Waals surface area contributed by atoms with Crippen molar-refractivity contribution in [3.63, 3.8) is 0 Å². The minimum Gasteiger partial charge on any atom is -0.357 e. The molecule has 82 valence electrons. The lowest BCUT2D eigenvalue weighted by Gasteiger charge is -2.06. The molecule has 2 aromatic rings. The average molecular weight is 217 g/mol. The van der Waals surface area contributed by atoms with E-state index in [0.29, 0.717) is 11.5 Å². The predicted octanol–water partition coefficient (Wildman–Crippen LogP) is 2.63. The number of nitrogens with zero attached hydrogens (tertiary/aromatic N) is 2. The van der Waals surface area contributed by atoms with Gasteiger partial charge in [0, 0.05) is 18.8 Å². The summed E-state index contributed by atoms with van der Waals surface area (Å²) in [6, 6.07) is 6.74. The van der Waals surface area contributed by atoms with E-state index in [0.717, 1.165) is 11.3 Å². The van der Waals surface area contributed by atoms with E-state index in [1.807, 2.05) is 6.07 Å². The zero-order valence-electron chi connectivity index (χ0n) is 9.16. The molecule has 0 saturated carbocycles. The standard InChI is InChI=1S/C12H12FN3/c1-8-9(4-3-5-10(8)13)11-6-7-15-12(14-2)16-11/h3-7H,1-2H3,(H,14,15,16). The van der Waals surface area contributed by atoms with Gasteiger partial charge in [-0.1, -0.05) is 12.1 Å². The van der Waals surface area contributed by atoms with Crippen LogP contribution in [0.15, 0.2) is 30.5 Å². The van der Waals surface area contributed by atoms with Gasteiger partial charge in [0.2, 0.25) is 5.95 Å². The van der Waals surface area contributed by atoms with Crippen molar-refractivity contribution < 1.29 is 4.39 Å². The maximum absolute atomic E-state index is 13.4. The normalized spacial score (nSPS) is 10.2. The van der Waals surface area contributed by atoms with Gasteiger partial charge in [-0.05, 0) is 24.6 Å². The van der Waals surface area contributed by atoms with Gasteiger partial charge in [-0.3, -0.25) is 0 Å².